The van der Waals surface area contributed by atoms with E-state index in [2.05, 4.69) is 12.2 Å². The Balaban J connectivity index is 2.62. The second-order valence-corrected chi connectivity index (χ2v) is 5.34. The fourth-order valence-electron chi connectivity index (χ4n) is 2.40. The molecule has 17 heavy (non-hydrogen) atoms. The Labute approximate surface area is 105 Å². The van der Waals surface area contributed by atoms with Gasteiger partial charge in [0.2, 0.25) is 5.91 Å². The fourth-order valence-corrected chi connectivity index (χ4v) is 2.40. The highest BCUT2D eigenvalue weighted by Crippen LogP contribution is 2.19. The van der Waals surface area contributed by atoms with Crippen LogP contribution in [-0.2, 0) is 9.53 Å². The van der Waals surface area contributed by atoms with Crippen LogP contribution in [0.4, 0.5) is 0 Å². The highest BCUT2D eigenvalue weighted by molar-refractivity contribution is 5.84. The van der Waals surface area contributed by atoms with Crippen molar-refractivity contribution in [1.29, 1.82) is 0 Å². The van der Waals surface area contributed by atoms with Crippen LogP contribution in [0.5, 0.6) is 0 Å². The Morgan fingerprint density at radius 3 is 2.59 bits per heavy atom. The molecule has 1 N–H and O–H groups in total. The first-order valence-electron chi connectivity index (χ1n) is 6.61. The molecule has 0 aromatic carbocycles. The average Bonchev–Trinajstić information content (AvgIpc) is 2.46. The van der Waals surface area contributed by atoms with Crippen molar-refractivity contribution in [3.8, 4) is 0 Å². The normalized spacial score (nSPS) is 25.7. The topological polar surface area (TPSA) is 41.6 Å². The lowest BCUT2D eigenvalue weighted by Gasteiger charge is -2.32. The third-order valence-electron chi connectivity index (χ3n) is 3.15. The summed E-state index contributed by atoms with van der Waals surface area (Å²) >= 11 is 0. The molecule has 1 rings (SSSR count). The van der Waals surface area contributed by atoms with Crippen LogP contribution in [0, 0.1) is 0 Å². The summed E-state index contributed by atoms with van der Waals surface area (Å²) in [6.07, 6.45) is 2.05. The quantitative estimate of drug-likeness (QED) is 0.771. The minimum Gasteiger partial charge on any atom is -0.374 e. The van der Waals surface area contributed by atoms with Crippen molar-refractivity contribution in [3.63, 3.8) is 0 Å². The molecule has 0 saturated carbocycles. The van der Waals surface area contributed by atoms with Gasteiger partial charge in [-0.15, -0.1) is 0 Å². The van der Waals surface area contributed by atoms with Gasteiger partial charge in [-0.05, 0) is 34.1 Å². The van der Waals surface area contributed by atoms with Gasteiger partial charge in [-0.3, -0.25) is 10.1 Å². The second kappa shape index (κ2) is 5.83. The molecule has 0 spiro atoms. The van der Waals surface area contributed by atoms with Crippen LogP contribution in [0.1, 0.15) is 47.5 Å². The molecule has 0 aromatic heterocycles. The molecule has 2 unspecified atom stereocenters. The number of nitrogens with one attached hydrogen (secondary N) is 1. The molecule has 1 saturated heterocycles. The Hall–Kier alpha value is -0.610. The number of carbonyl (C=O) groups excluding carboxylic acids is 1. The van der Waals surface area contributed by atoms with Crippen LogP contribution < -0.4 is 5.32 Å². The minimum atomic E-state index is -0.276. The zero-order chi connectivity index (χ0) is 13.1. The van der Waals surface area contributed by atoms with Crippen molar-refractivity contribution >= 4 is 5.91 Å². The Morgan fingerprint density at radius 1 is 1.41 bits per heavy atom. The zero-order valence-corrected chi connectivity index (χ0v) is 11.7. The predicted molar refractivity (Wildman–Crippen MR) is 68.7 cm³/mol. The van der Waals surface area contributed by atoms with Crippen molar-refractivity contribution in [3.05, 3.63) is 0 Å². The van der Waals surface area contributed by atoms with Gasteiger partial charge in [0, 0.05) is 6.61 Å². The van der Waals surface area contributed by atoms with Gasteiger partial charge in [0.15, 0.2) is 0 Å². The van der Waals surface area contributed by atoms with E-state index in [9.17, 15) is 4.79 Å². The van der Waals surface area contributed by atoms with E-state index in [1.54, 1.807) is 0 Å². The average molecular weight is 242 g/mol. The van der Waals surface area contributed by atoms with Gasteiger partial charge in [-0.1, -0.05) is 13.3 Å². The molecule has 4 heteroatoms. The van der Waals surface area contributed by atoms with Gasteiger partial charge in [0.05, 0.1) is 24.4 Å². The summed E-state index contributed by atoms with van der Waals surface area (Å²) in [5.41, 5.74) is -0.276. The summed E-state index contributed by atoms with van der Waals surface area (Å²) in [5.74, 6) is 0.215. The third kappa shape index (κ3) is 3.68. The molecular formula is C13H26N2O2. The minimum absolute atomic E-state index is 0.00701. The monoisotopic (exact) mass is 242 g/mol. The fraction of sp³-hybridized carbons (Fsp3) is 0.923. The maximum absolute atomic E-state index is 12.2. The van der Waals surface area contributed by atoms with Crippen LogP contribution in [0.3, 0.4) is 0 Å². The van der Waals surface area contributed by atoms with Crippen LogP contribution in [-0.4, -0.2) is 41.8 Å². The molecule has 0 aliphatic carbocycles. The number of hydrogen-bond donors (Lipinski definition) is 1. The van der Waals surface area contributed by atoms with E-state index in [1.165, 1.54) is 0 Å². The van der Waals surface area contributed by atoms with E-state index in [-0.39, 0.29) is 23.7 Å². The van der Waals surface area contributed by atoms with E-state index < -0.39 is 0 Å². The number of nitrogens with zero attached hydrogens (tertiary/aromatic N) is 1. The molecule has 0 bridgehead atoms. The summed E-state index contributed by atoms with van der Waals surface area (Å²) in [5, 5.41) is 3.34. The molecule has 0 radical (unpaired) electrons. The SMILES string of the molecule is CCCC1NC(C)N(CC(C)(C)OCC)C1=O. The first-order valence-corrected chi connectivity index (χ1v) is 6.61. The van der Waals surface area contributed by atoms with Gasteiger partial charge < -0.3 is 9.64 Å². The van der Waals surface area contributed by atoms with Crippen molar-refractivity contribution in [2.45, 2.75) is 65.3 Å². The number of ether oxygens (including phenoxy) is 1. The van der Waals surface area contributed by atoms with Gasteiger partial charge >= 0.3 is 0 Å². The zero-order valence-electron chi connectivity index (χ0n) is 11.7. The third-order valence-corrected chi connectivity index (χ3v) is 3.15. The molecule has 4 nitrogen and oxygen atoms in total. The summed E-state index contributed by atoms with van der Waals surface area (Å²) in [6.45, 7) is 11.5. The number of amides is 1. The number of hydrogen-bond acceptors (Lipinski definition) is 3. The lowest BCUT2D eigenvalue weighted by molar-refractivity contribution is -0.134. The predicted octanol–water partition coefficient (Wildman–Crippen LogP) is 1.75. The lowest BCUT2D eigenvalue weighted by Crippen LogP contribution is -2.45. The van der Waals surface area contributed by atoms with E-state index in [0.717, 1.165) is 12.8 Å². The highest BCUT2D eigenvalue weighted by atomic mass is 16.5. The van der Waals surface area contributed by atoms with Crippen molar-refractivity contribution < 1.29 is 9.53 Å². The summed E-state index contributed by atoms with van der Waals surface area (Å²) in [6, 6.07) is -0.00701. The van der Waals surface area contributed by atoms with E-state index >= 15 is 0 Å². The smallest absolute Gasteiger partial charge is 0.241 e. The molecule has 1 heterocycles. The highest BCUT2D eigenvalue weighted by Gasteiger charge is 2.38. The lowest BCUT2D eigenvalue weighted by atomic mass is 10.1. The van der Waals surface area contributed by atoms with Crippen LogP contribution in [0.25, 0.3) is 0 Å². The Bertz CT molecular complexity index is 266. The van der Waals surface area contributed by atoms with E-state index in [4.69, 9.17) is 4.74 Å². The van der Waals surface area contributed by atoms with Crippen molar-refractivity contribution in [2.24, 2.45) is 0 Å². The van der Waals surface area contributed by atoms with Crippen LogP contribution >= 0.6 is 0 Å². The second-order valence-electron chi connectivity index (χ2n) is 5.34. The molecular weight excluding hydrogens is 216 g/mol. The van der Waals surface area contributed by atoms with E-state index in [0.29, 0.717) is 13.2 Å². The van der Waals surface area contributed by atoms with Gasteiger partial charge in [-0.25, -0.2) is 0 Å². The summed E-state index contributed by atoms with van der Waals surface area (Å²) in [4.78, 5) is 14.1. The standard InChI is InChI=1S/C13H26N2O2/c1-6-8-11-12(16)15(10(3)14-11)9-13(4,5)17-7-2/h10-11,14H,6-9H2,1-5H3. The molecule has 1 aliphatic heterocycles. The molecule has 0 aromatic rings. The molecule has 1 amide bonds. The maximum atomic E-state index is 12.2. The molecule has 1 aliphatic rings. The number of rotatable bonds is 6. The van der Waals surface area contributed by atoms with Gasteiger partial charge in [-0.2, -0.15) is 0 Å². The molecule has 1 fully saturated rings. The summed E-state index contributed by atoms with van der Waals surface area (Å²) in [7, 11) is 0. The van der Waals surface area contributed by atoms with Crippen LogP contribution in [0.15, 0.2) is 0 Å². The molecule has 100 valence electrons. The Morgan fingerprint density at radius 2 is 2.06 bits per heavy atom. The Kier molecular flexibility index (Phi) is 4.95. The largest absolute Gasteiger partial charge is 0.374 e. The van der Waals surface area contributed by atoms with Gasteiger partial charge in [0.1, 0.15) is 0 Å². The van der Waals surface area contributed by atoms with E-state index in [1.807, 2.05) is 32.6 Å². The van der Waals surface area contributed by atoms with Crippen molar-refractivity contribution in [1.82, 2.24) is 10.2 Å². The summed E-state index contributed by atoms with van der Waals surface area (Å²) < 4.78 is 5.66. The molecule has 2 atom stereocenters. The maximum Gasteiger partial charge on any atom is 0.241 e. The first-order chi connectivity index (χ1) is 7.91. The first kappa shape index (κ1) is 14.5. The van der Waals surface area contributed by atoms with Crippen molar-refractivity contribution in [2.75, 3.05) is 13.2 Å². The number of carbonyl (C=O) groups is 1. The van der Waals surface area contributed by atoms with Gasteiger partial charge in [0.25, 0.3) is 0 Å². The van der Waals surface area contributed by atoms with Crippen LogP contribution in [0.2, 0.25) is 0 Å².